The van der Waals surface area contributed by atoms with Gasteiger partial charge in [-0.1, -0.05) is 24.3 Å². The summed E-state index contributed by atoms with van der Waals surface area (Å²) in [6, 6.07) is 7.22. The van der Waals surface area contributed by atoms with Gasteiger partial charge in [-0.2, -0.15) is 5.10 Å². The van der Waals surface area contributed by atoms with Crippen LogP contribution in [0.5, 0.6) is 0 Å². The summed E-state index contributed by atoms with van der Waals surface area (Å²) in [4.78, 5) is 3.93. The van der Waals surface area contributed by atoms with Gasteiger partial charge in [-0.3, -0.25) is 5.10 Å². The van der Waals surface area contributed by atoms with E-state index < -0.39 is 10.0 Å². The van der Waals surface area contributed by atoms with Gasteiger partial charge in [-0.25, -0.2) is 18.1 Å². The minimum absolute atomic E-state index is 0.0474. The van der Waals surface area contributed by atoms with Crippen molar-refractivity contribution in [1.29, 1.82) is 0 Å². The summed E-state index contributed by atoms with van der Waals surface area (Å²) in [6.07, 6.45) is 1.87. The molecule has 0 radical (unpaired) electrons. The molecular formula is C12H17N5O2S. The van der Waals surface area contributed by atoms with Crippen LogP contribution in [0, 0.1) is 0 Å². The normalized spacial score (nSPS) is 11.7. The summed E-state index contributed by atoms with van der Waals surface area (Å²) in [5, 5.41) is 6.38. The first kappa shape index (κ1) is 14.6. The monoisotopic (exact) mass is 295 g/mol. The zero-order valence-corrected chi connectivity index (χ0v) is 11.7. The van der Waals surface area contributed by atoms with E-state index in [-0.39, 0.29) is 5.75 Å². The quantitative estimate of drug-likeness (QED) is 0.661. The lowest BCUT2D eigenvalue weighted by Crippen LogP contribution is -2.27. The Labute approximate surface area is 117 Å². The molecule has 0 fully saturated rings. The molecule has 0 bridgehead atoms. The summed E-state index contributed by atoms with van der Waals surface area (Å²) < 4.78 is 26.3. The number of aromatic amines is 1. The highest BCUT2D eigenvalue weighted by molar-refractivity contribution is 7.88. The molecule has 0 unspecified atom stereocenters. The molecule has 1 aromatic heterocycles. The molecule has 4 N–H and O–H groups in total. The second kappa shape index (κ2) is 6.60. The number of hydrogen-bond acceptors (Lipinski definition) is 5. The molecule has 0 spiro atoms. The van der Waals surface area contributed by atoms with Crippen molar-refractivity contribution in [1.82, 2.24) is 19.9 Å². The van der Waals surface area contributed by atoms with Crippen molar-refractivity contribution in [3.05, 3.63) is 47.5 Å². The maximum absolute atomic E-state index is 11.9. The third-order valence-electron chi connectivity index (χ3n) is 2.76. The molecule has 0 aliphatic carbocycles. The van der Waals surface area contributed by atoms with Gasteiger partial charge in [-0.15, -0.1) is 0 Å². The smallest absolute Gasteiger partial charge is 0.215 e. The first-order valence-corrected chi connectivity index (χ1v) is 7.84. The third kappa shape index (κ3) is 4.41. The number of nitrogens with one attached hydrogen (secondary N) is 2. The number of nitrogens with zero attached hydrogens (tertiary/aromatic N) is 2. The summed E-state index contributed by atoms with van der Waals surface area (Å²) in [7, 11) is -3.35. The van der Waals surface area contributed by atoms with Crippen LogP contribution in [0.2, 0.25) is 0 Å². The van der Waals surface area contributed by atoms with Crippen molar-refractivity contribution >= 4 is 10.0 Å². The van der Waals surface area contributed by atoms with Crippen LogP contribution in [0.3, 0.4) is 0 Å². The van der Waals surface area contributed by atoms with Gasteiger partial charge in [0.25, 0.3) is 0 Å². The van der Waals surface area contributed by atoms with E-state index in [1.807, 2.05) is 12.1 Å². The van der Waals surface area contributed by atoms with Crippen molar-refractivity contribution in [2.45, 2.75) is 18.7 Å². The Morgan fingerprint density at radius 2 is 1.90 bits per heavy atom. The topological polar surface area (TPSA) is 114 Å². The van der Waals surface area contributed by atoms with Crippen molar-refractivity contribution in [3.8, 4) is 0 Å². The van der Waals surface area contributed by atoms with Gasteiger partial charge < -0.3 is 5.73 Å². The number of nitrogens with two attached hydrogens (primary N) is 1. The second-order valence-corrected chi connectivity index (χ2v) is 6.16. The van der Waals surface area contributed by atoms with Crippen LogP contribution in [0.25, 0.3) is 0 Å². The Balaban J connectivity index is 1.86. The van der Waals surface area contributed by atoms with Gasteiger partial charge in [0.1, 0.15) is 12.2 Å². The Bertz CT molecular complexity index is 622. The molecular weight excluding hydrogens is 278 g/mol. The number of rotatable bonds is 7. The number of sulfonamides is 1. The van der Waals surface area contributed by atoms with E-state index in [1.54, 1.807) is 12.1 Å². The number of aromatic nitrogens is 3. The molecule has 1 heterocycles. The zero-order valence-electron chi connectivity index (χ0n) is 10.9. The Morgan fingerprint density at radius 1 is 1.20 bits per heavy atom. The number of hydrogen-bond donors (Lipinski definition) is 3. The summed E-state index contributed by atoms with van der Waals surface area (Å²) in [6.45, 7) is 0.737. The Hall–Kier alpha value is -1.77. The largest absolute Gasteiger partial charge is 0.326 e. The lowest BCUT2D eigenvalue weighted by molar-refractivity contribution is 0.580. The highest BCUT2D eigenvalue weighted by atomic mass is 32.2. The summed E-state index contributed by atoms with van der Waals surface area (Å²) in [5.41, 5.74) is 7.20. The molecule has 2 rings (SSSR count). The van der Waals surface area contributed by atoms with E-state index in [1.165, 1.54) is 6.33 Å². The molecule has 20 heavy (non-hydrogen) atoms. The first-order chi connectivity index (χ1) is 9.59. The number of benzene rings is 1. The standard InChI is InChI=1S/C12H17N5O2S/c13-7-10-1-3-11(4-2-10)8-20(18,19)16-6-5-12-14-9-15-17-12/h1-4,9,16H,5-8,13H2,(H,14,15,17). The molecule has 0 saturated carbocycles. The van der Waals surface area contributed by atoms with E-state index in [4.69, 9.17) is 5.73 Å². The van der Waals surface area contributed by atoms with Crippen molar-refractivity contribution in [3.63, 3.8) is 0 Å². The molecule has 1 aromatic carbocycles. The minimum atomic E-state index is -3.35. The summed E-state index contributed by atoms with van der Waals surface area (Å²) >= 11 is 0. The molecule has 108 valence electrons. The van der Waals surface area contributed by atoms with Gasteiger partial charge in [0.05, 0.1) is 5.75 Å². The third-order valence-corrected chi connectivity index (χ3v) is 4.12. The molecule has 0 amide bonds. The lowest BCUT2D eigenvalue weighted by atomic mass is 10.1. The van der Waals surface area contributed by atoms with Gasteiger partial charge in [0.2, 0.25) is 10.0 Å². The average Bonchev–Trinajstić information content (AvgIpc) is 2.92. The predicted octanol–water partition coefficient (Wildman–Crippen LogP) is -0.0745. The van der Waals surface area contributed by atoms with Crippen molar-refractivity contribution in [2.24, 2.45) is 5.73 Å². The van der Waals surface area contributed by atoms with Crippen LogP contribution in [-0.2, 0) is 28.7 Å². The van der Waals surface area contributed by atoms with Gasteiger partial charge in [-0.05, 0) is 11.1 Å². The molecule has 2 aromatic rings. The average molecular weight is 295 g/mol. The Kier molecular flexibility index (Phi) is 4.83. The SMILES string of the molecule is NCc1ccc(CS(=O)(=O)NCCc2ncn[nH]2)cc1. The second-order valence-electron chi connectivity index (χ2n) is 4.36. The molecule has 0 aliphatic heterocycles. The molecule has 0 aliphatic rings. The fraction of sp³-hybridized carbons (Fsp3) is 0.333. The van der Waals surface area contributed by atoms with Crippen LogP contribution in [0.1, 0.15) is 17.0 Å². The molecule has 7 nitrogen and oxygen atoms in total. The summed E-state index contributed by atoms with van der Waals surface area (Å²) in [5.74, 6) is 0.605. The van der Waals surface area contributed by atoms with E-state index >= 15 is 0 Å². The van der Waals surface area contributed by atoms with Crippen LogP contribution in [0.4, 0.5) is 0 Å². The first-order valence-electron chi connectivity index (χ1n) is 6.18. The van der Waals surface area contributed by atoms with Crippen molar-refractivity contribution < 1.29 is 8.42 Å². The fourth-order valence-corrected chi connectivity index (χ4v) is 2.86. The maximum Gasteiger partial charge on any atom is 0.215 e. The lowest BCUT2D eigenvalue weighted by Gasteiger charge is -2.06. The molecule has 0 atom stereocenters. The predicted molar refractivity (Wildman–Crippen MR) is 75.0 cm³/mol. The molecule has 0 saturated heterocycles. The van der Waals surface area contributed by atoms with Gasteiger partial charge in [0, 0.05) is 19.5 Å². The number of H-pyrrole nitrogens is 1. The van der Waals surface area contributed by atoms with Crippen LogP contribution < -0.4 is 10.5 Å². The minimum Gasteiger partial charge on any atom is -0.326 e. The van der Waals surface area contributed by atoms with E-state index in [0.29, 0.717) is 25.3 Å². The van der Waals surface area contributed by atoms with Gasteiger partial charge >= 0.3 is 0 Å². The highest BCUT2D eigenvalue weighted by Crippen LogP contribution is 2.07. The maximum atomic E-state index is 11.9. The van der Waals surface area contributed by atoms with E-state index in [0.717, 1.165) is 11.1 Å². The van der Waals surface area contributed by atoms with E-state index in [9.17, 15) is 8.42 Å². The Morgan fingerprint density at radius 3 is 2.50 bits per heavy atom. The fourth-order valence-electron chi connectivity index (χ4n) is 1.72. The highest BCUT2D eigenvalue weighted by Gasteiger charge is 2.11. The van der Waals surface area contributed by atoms with E-state index in [2.05, 4.69) is 19.9 Å². The van der Waals surface area contributed by atoms with Crippen LogP contribution >= 0.6 is 0 Å². The zero-order chi connectivity index (χ0) is 14.4. The van der Waals surface area contributed by atoms with Crippen molar-refractivity contribution in [2.75, 3.05) is 6.54 Å². The molecule has 8 heteroatoms. The van der Waals surface area contributed by atoms with Crippen LogP contribution in [0.15, 0.2) is 30.6 Å². The van der Waals surface area contributed by atoms with Crippen LogP contribution in [-0.4, -0.2) is 30.1 Å². The van der Waals surface area contributed by atoms with Gasteiger partial charge in [0.15, 0.2) is 0 Å².